The van der Waals surface area contributed by atoms with Gasteiger partial charge in [-0.1, -0.05) is 30.3 Å². The molecule has 2 N–H and O–H groups in total. The molecular formula is C14H10BrFN2O4. The van der Waals surface area contributed by atoms with Crippen LogP contribution in [0.5, 0.6) is 0 Å². The molecule has 0 spiro atoms. The number of ether oxygens (including phenoxy) is 1. The fourth-order valence-electron chi connectivity index (χ4n) is 1.82. The summed E-state index contributed by atoms with van der Waals surface area (Å²) >= 11 is 2.84. The van der Waals surface area contributed by atoms with E-state index in [1.165, 1.54) is 0 Å². The van der Waals surface area contributed by atoms with Crippen LogP contribution in [0.3, 0.4) is 0 Å². The molecule has 0 heterocycles. The fraction of sp³-hybridized carbons (Fsp3) is 0.0714. The Hall–Kier alpha value is -2.48. The Morgan fingerprint density at radius 3 is 2.59 bits per heavy atom. The van der Waals surface area contributed by atoms with Gasteiger partial charge in [0.25, 0.3) is 0 Å². The van der Waals surface area contributed by atoms with E-state index >= 15 is 0 Å². The molecule has 0 aromatic heterocycles. The van der Waals surface area contributed by atoms with Crippen LogP contribution in [0.4, 0.5) is 15.8 Å². The Balaban J connectivity index is 2.30. The predicted octanol–water partition coefficient (Wildman–Crippen LogP) is 3.44. The third-order valence-electron chi connectivity index (χ3n) is 2.84. The Bertz CT molecular complexity index is 737. The summed E-state index contributed by atoms with van der Waals surface area (Å²) in [4.78, 5) is 22.1. The van der Waals surface area contributed by atoms with Crippen molar-refractivity contribution in [2.75, 3.05) is 5.73 Å². The third-order valence-corrected chi connectivity index (χ3v) is 3.45. The Labute approximate surface area is 133 Å². The highest BCUT2D eigenvalue weighted by Gasteiger charge is 2.28. The number of nitrogen functional groups attached to an aromatic ring is 1. The first-order valence-electron chi connectivity index (χ1n) is 6.04. The van der Waals surface area contributed by atoms with Crippen molar-refractivity contribution in [2.24, 2.45) is 0 Å². The monoisotopic (exact) mass is 368 g/mol. The summed E-state index contributed by atoms with van der Waals surface area (Å²) < 4.78 is 18.7. The van der Waals surface area contributed by atoms with Gasteiger partial charge in [0, 0.05) is 0 Å². The van der Waals surface area contributed by atoms with Crippen LogP contribution in [0.15, 0.2) is 40.9 Å². The minimum Gasteiger partial charge on any atom is -0.457 e. The van der Waals surface area contributed by atoms with E-state index in [1.54, 1.807) is 30.3 Å². The van der Waals surface area contributed by atoms with Gasteiger partial charge in [-0.15, -0.1) is 0 Å². The molecule has 0 aliphatic heterocycles. The lowest BCUT2D eigenvalue weighted by Gasteiger charge is -2.09. The molecule has 2 aromatic carbocycles. The summed E-state index contributed by atoms with van der Waals surface area (Å²) in [6.07, 6.45) is 0. The number of hydrogen-bond acceptors (Lipinski definition) is 5. The van der Waals surface area contributed by atoms with Crippen molar-refractivity contribution in [1.29, 1.82) is 0 Å². The number of hydrogen-bond donors (Lipinski definition) is 1. The van der Waals surface area contributed by atoms with Gasteiger partial charge in [-0.3, -0.25) is 10.1 Å². The average Bonchev–Trinajstić information content (AvgIpc) is 2.45. The van der Waals surface area contributed by atoms with Gasteiger partial charge in [0.2, 0.25) is 0 Å². The van der Waals surface area contributed by atoms with Crippen LogP contribution in [0.1, 0.15) is 15.9 Å². The summed E-state index contributed by atoms with van der Waals surface area (Å²) in [5.41, 5.74) is 4.44. The molecule has 0 radical (unpaired) electrons. The number of nitrogens with zero attached hydrogens (tertiary/aromatic N) is 1. The van der Waals surface area contributed by atoms with E-state index in [1.807, 2.05) is 0 Å². The number of carbonyl (C=O) groups excluding carboxylic acids is 1. The van der Waals surface area contributed by atoms with Gasteiger partial charge in [-0.25, -0.2) is 9.18 Å². The zero-order valence-corrected chi connectivity index (χ0v) is 12.7. The van der Waals surface area contributed by atoms with E-state index in [0.717, 1.165) is 6.07 Å². The van der Waals surface area contributed by atoms with Crippen LogP contribution in [0.2, 0.25) is 0 Å². The zero-order chi connectivity index (χ0) is 16.3. The number of anilines is 1. The zero-order valence-electron chi connectivity index (χ0n) is 11.1. The molecule has 0 saturated heterocycles. The number of halogens is 2. The fourth-order valence-corrected chi connectivity index (χ4v) is 2.38. The topological polar surface area (TPSA) is 95.5 Å². The Morgan fingerprint density at radius 1 is 1.36 bits per heavy atom. The summed E-state index contributed by atoms with van der Waals surface area (Å²) in [5, 5.41) is 10.9. The maximum absolute atomic E-state index is 13.9. The molecule has 0 aliphatic rings. The molecule has 0 saturated carbocycles. The van der Waals surface area contributed by atoms with Crippen molar-refractivity contribution in [3.63, 3.8) is 0 Å². The molecule has 0 amide bonds. The van der Waals surface area contributed by atoms with Crippen LogP contribution in [-0.4, -0.2) is 10.9 Å². The lowest BCUT2D eigenvalue weighted by atomic mass is 10.1. The van der Waals surface area contributed by atoms with Crippen LogP contribution in [0, 0.1) is 15.9 Å². The van der Waals surface area contributed by atoms with Gasteiger partial charge in [0.1, 0.15) is 28.1 Å². The lowest BCUT2D eigenvalue weighted by Crippen LogP contribution is -2.13. The molecule has 114 valence electrons. The average molecular weight is 369 g/mol. The highest BCUT2D eigenvalue weighted by atomic mass is 79.9. The molecule has 8 heteroatoms. The molecule has 2 rings (SSSR count). The molecule has 0 aliphatic carbocycles. The molecule has 2 aromatic rings. The number of nitro benzene ring substituents is 1. The van der Waals surface area contributed by atoms with Gasteiger partial charge < -0.3 is 10.5 Å². The number of benzene rings is 2. The minimum atomic E-state index is -1.06. The summed E-state index contributed by atoms with van der Waals surface area (Å²) in [7, 11) is 0. The molecule has 0 fully saturated rings. The van der Waals surface area contributed by atoms with Gasteiger partial charge in [-0.2, -0.15) is 0 Å². The van der Waals surface area contributed by atoms with Crippen molar-refractivity contribution in [3.05, 3.63) is 67.9 Å². The first kappa shape index (κ1) is 15.9. The van der Waals surface area contributed by atoms with Gasteiger partial charge in [0.15, 0.2) is 0 Å². The van der Waals surface area contributed by atoms with Gasteiger partial charge in [0.05, 0.1) is 4.92 Å². The van der Waals surface area contributed by atoms with Crippen LogP contribution >= 0.6 is 15.9 Å². The largest absolute Gasteiger partial charge is 0.457 e. The maximum atomic E-state index is 13.9. The summed E-state index contributed by atoms with van der Waals surface area (Å²) in [6, 6.07) is 9.55. The van der Waals surface area contributed by atoms with Crippen molar-refractivity contribution >= 4 is 33.3 Å². The first-order chi connectivity index (χ1) is 10.4. The second-order valence-electron chi connectivity index (χ2n) is 4.30. The van der Waals surface area contributed by atoms with Crippen molar-refractivity contribution in [3.8, 4) is 0 Å². The van der Waals surface area contributed by atoms with Crippen molar-refractivity contribution < 1.29 is 18.8 Å². The molecule has 0 unspecified atom stereocenters. The predicted molar refractivity (Wildman–Crippen MR) is 80.7 cm³/mol. The first-order valence-corrected chi connectivity index (χ1v) is 6.84. The van der Waals surface area contributed by atoms with Crippen LogP contribution in [-0.2, 0) is 11.3 Å². The van der Waals surface area contributed by atoms with Gasteiger partial charge >= 0.3 is 11.7 Å². The Kier molecular flexibility index (Phi) is 4.71. The number of nitrogens with two attached hydrogens (primary N) is 1. The van der Waals surface area contributed by atoms with Crippen molar-refractivity contribution in [2.45, 2.75) is 6.61 Å². The maximum Gasteiger partial charge on any atom is 0.343 e. The Morgan fingerprint density at radius 2 is 2.00 bits per heavy atom. The third kappa shape index (κ3) is 3.22. The summed E-state index contributed by atoms with van der Waals surface area (Å²) in [6.45, 7) is -0.0948. The second-order valence-corrected chi connectivity index (χ2v) is 5.15. The molecule has 0 atom stereocenters. The van der Waals surface area contributed by atoms with Crippen molar-refractivity contribution in [1.82, 2.24) is 0 Å². The highest BCUT2D eigenvalue weighted by molar-refractivity contribution is 9.10. The molecular weight excluding hydrogens is 359 g/mol. The number of carbonyl (C=O) groups is 1. The van der Waals surface area contributed by atoms with E-state index < -0.39 is 33.6 Å². The van der Waals surface area contributed by atoms with E-state index in [0.29, 0.717) is 5.56 Å². The number of nitro groups is 1. The second kappa shape index (κ2) is 6.52. The van der Waals surface area contributed by atoms with Crippen LogP contribution < -0.4 is 5.73 Å². The van der Waals surface area contributed by atoms with E-state index in [9.17, 15) is 19.3 Å². The standard InChI is InChI=1S/C14H10BrFN2O4/c15-9-6-10(16)11(12(17)13(9)18(20)21)14(19)22-7-8-4-2-1-3-5-8/h1-6H,7,17H2. The SMILES string of the molecule is Nc1c(C(=O)OCc2ccccc2)c(F)cc(Br)c1[N+](=O)[O-]. The molecule has 22 heavy (non-hydrogen) atoms. The number of esters is 1. The van der Waals surface area contributed by atoms with E-state index in [2.05, 4.69) is 15.9 Å². The minimum absolute atomic E-state index is 0.0948. The quantitative estimate of drug-likeness (QED) is 0.386. The molecule has 6 nitrogen and oxygen atoms in total. The number of rotatable bonds is 4. The van der Waals surface area contributed by atoms with E-state index in [-0.39, 0.29) is 11.1 Å². The van der Waals surface area contributed by atoms with E-state index in [4.69, 9.17) is 10.5 Å². The lowest BCUT2D eigenvalue weighted by molar-refractivity contribution is -0.384. The smallest absolute Gasteiger partial charge is 0.343 e. The highest BCUT2D eigenvalue weighted by Crippen LogP contribution is 2.35. The normalized spacial score (nSPS) is 10.3. The van der Waals surface area contributed by atoms with Crippen LogP contribution in [0.25, 0.3) is 0 Å². The molecule has 0 bridgehead atoms. The summed E-state index contributed by atoms with van der Waals surface area (Å²) in [5.74, 6) is -2.05. The van der Waals surface area contributed by atoms with Gasteiger partial charge in [-0.05, 0) is 27.6 Å².